The fourth-order valence-corrected chi connectivity index (χ4v) is 3.64. The molecule has 2 N–H and O–H groups in total. The summed E-state index contributed by atoms with van der Waals surface area (Å²) in [5.41, 5.74) is 11.9. The van der Waals surface area contributed by atoms with Crippen LogP contribution in [-0.2, 0) is 12.0 Å². The summed E-state index contributed by atoms with van der Waals surface area (Å²) in [6.45, 7) is 6.98. The van der Waals surface area contributed by atoms with Crippen LogP contribution in [-0.4, -0.2) is 18.5 Å². The number of hydrogen-bond donors (Lipinski definition) is 1. The summed E-state index contributed by atoms with van der Waals surface area (Å²) in [6.07, 6.45) is 2.60. The van der Waals surface area contributed by atoms with E-state index in [-0.39, 0.29) is 0 Å². The number of nitrogens with zero attached hydrogens (tertiary/aromatic N) is 1. The second-order valence-electron chi connectivity index (χ2n) is 6.46. The Morgan fingerprint density at radius 3 is 2.88 bits per heavy atom. The zero-order valence-corrected chi connectivity index (χ0v) is 11.1. The lowest BCUT2D eigenvalue weighted by Gasteiger charge is -2.43. The van der Waals surface area contributed by atoms with Crippen LogP contribution < -0.4 is 5.73 Å². The highest BCUT2D eigenvalue weighted by molar-refractivity contribution is 5.55. The third-order valence-corrected chi connectivity index (χ3v) is 4.52. The normalized spacial score (nSPS) is 26.6. The van der Waals surface area contributed by atoms with E-state index in [9.17, 15) is 0 Å². The molecule has 1 aromatic rings. The zero-order chi connectivity index (χ0) is 12.2. The largest absolute Gasteiger partial charge is 0.399 e. The molecule has 92 valence electrons. The van der Waals surface area contributed by atoms with Crippen LogP contribution in [0.4, 0.5) is 5.69 Å². The van der Waals surface area contributed by atoms with Gasteiger partial charge in [0.25, 0.3) is 0 Å². The number of anilines is 1. The first kappa shape index (κ1) is 11.1. The molecule has 3 rings (SSSR count). The van der Waals surface area contributed by atoms with Crippen molar-refractivity contribution in [2.24, 2.45) is 0 Å². The topological polar surface area (TPSA) is 29.3 Å². The fourth-order valence-electron chi connectivity index (χ4n) is 3.64. The average Bonchev–Trinajstić information content (AvgIpc) is 2.22. The van der Waals surface area contributed by atoms with Crippen molar-refractivity contribution < 1.29 is 0 Å². The Morgan fingerprint density at radius 1 is 1.35 bits per heavy atom. The van der Waals surface area contributed by atoms with Crippen molar-refractivity contribution in [1.29, 1.82) is 0 Å². The molecule has 1 aliphatic heterocycles. The molecule has 0 saturated carbocycles. The van der Waals surface area contributed by atoms with Gasteiger partial charge in [0.2, 0.25) is 0 Å². The summed E-state index contributed by atoms with van der Waals surface area (Å²) in [5.74, 6) is 0.729. The molecule has 2 aliphatic rings. The zero-order valence-electron chi connectivity index (χ0n) is 11.1. The monoisotopic (exact) mass is 230 g/mol. The predicted molar refractivity (Wildman–Crippen MR) is 72.2 cm³/mol. The minimum absolute atomic E-state index is 0.297. The lowest BCUT2D eigenvalue weighted by molar-refractivity contribution is 0.249. The number of hydrogen-bond acceptors (Lipinski definition) is 2. The van der Waals surface area contributed by atoms with Gasteiger partial charge in [0, 0.05) is 18.8 Å². The molecule has 2 heteroatoms. The van der Waals surface area contributed by atoms with Crippen molar-refractivity contribution in [3.8, 4) is 0 Å². The Bertz CT molecular complexity index is 462. The van der Waals surface area contributed by atoms with E-state index in [1.54, 1.807) is 5.56 Å². The van der Waals surface area contributed by atoms with Crippen molar-refractivity contribution in [2.75, 3.05) is 19.3 Å². The molecule has 17 heavy (non-hydrogen) atoms. The molecular weight excluding hydrogens is 208 g/mol. The quantitative estimate of drug-likeness (QED) is 0.694. The van der Waals surface area contributed by atoms with Crippen molar-refractivity contribution in [2.45, 2.75) is 44.6 Å². The maximum absolute atomic E-state index is 6.08. The van der Waals surface area contributed by atoms with Gasteiger partial charge in [-0.15, -0.1) is 0 Å². The SMILES string of the molecule is CN1Cc2cc(N)cc3c2[C@@H](CCC3(C)C)C1. The molecule has 0 bridgehead atoms. The Labute approximate surface area is 104 Å². The molecule has 0 amide bonds. The molecule has 0 aromatic heterocycles. The Kier molecular flexibility index (Phi) is 2.27. The summed E-state index contributed by atoms with van der Waals surface area (Å²) < 4.78 is 0. The summed E-state index contributed by atoms with van der Waals surface area (Å²) >= 11 is 0. The van der Waals surface area contributed by atoms with Gasteiger partial charge in [-0.3, -0.25) is 0 Å². The van der Waals surface area contributed by atoms with Gasteiger partial charge in [-0.25, -0.2) is 0 Å². The minimum atomic E-state index is 0.297. The van der Waals surface area contributed by atoms with Gasteiger partial charge >= 0.3 is 0 Å². The van der Waals surface area contributed by atoms with Gasteiger partial charge in [0.15, 0.2) is 0 Å². The van der Waals surface area contributed by atoms with Gasteiger partial charge in [-0.1, -0.05) is 13.8 Å². The molecule has 0 unspecified atom stereocenters. The maximum atomic E-state index is 6.08. The molecule has 1 aromatic carbocycles. The number of rotatable bonds is 0. The van der Waals surface area contributed by atoms with Gasteiger partial charge in [0.05, 0.1) is 0 Å². The van der Waals surface area contributed by atoms with Crippen molar-refractivity contribution in [3.63, 3.8) is 0 Å². The van der Waals surface area contributed by atoms with Crippen LogP contribution >= 0.6 is 0 Å². The van der Waals surface area contributed by atoms with Gasteiger partial charge in [-0.2, -0.15) is 0 Å². The summed E-state index contributed by atoms with van der Waals surface area (Å²) in [5, 5.41) is 0. The average molecular weight is 230 g/mol. The Balaban J connectivity index is 2.22. The van der Waals surface area contributed by atoms with E-state index in [4.69, 9.17) is 5.73 Å². The lowest BCUT2D eigenvalue weighted by atomic mass is 9.66. The third kappa shape index (κ3) is 1.66. The van der Waals surface area contributed by atoms with Crippen molar-refractivity contribution in [3.05, 3.63) is 28.8 Å². The summed E-state index contributed by atoms with van der Waals surface area (Å²) in [4.78, 5) is 2.43. The van der Waals surface area contributed by atoms with E-state index in [0.29, 0.717) is 5.41 Å². The second-order valence-corrected chi connectivity index (χ2v) is 6.46. The maximum Gasteiger partial charge on any atom is 0.0320 e. The molecule has 1 heterocycles. The van der Waals surface area contributed by atoms with Crippen molar-refractivity contribution >= 4 is 5.69 Å². The van der Waals surface area contributed by atoms with Crippen LogP contribution in [0.25, 0.3) is 0 Å². The number of likely N-dealkylation sites (N-methyl/N-ethyl adjacent to an activating group) is 1. The highest BCUT2D eigenvalue weighted by Crippen LogP contribution is 2.47. The molecule has 1 aliphatic carbocycles. The lowest BCUT2D eigenvalue weighted by Crippen LogP contribution is -2.37. The predicted octanol–water partition coefficient (Wildman–Crippen LogP) is 2.87. The Morgan fingerprint density at radius 2 is 2.12 bits per heavy atom. The van der Waals surface area contributed by atoms with E-state index in [1.807, 2.05) is 0 Å². The highest BCUT2D eigenvalue weighted by atomic mass is 15.1. The molecule has 1 atom stereocenters. The van der Waals surface area contributed by atoms with Crippen LogP contribution in [0.1, 0.15) is 49.3 Å². The fraction of sp³-hybridized carbons (Fsp3) is 0.600. The first-order valence-electron chi connectivity index (χ1n) is 6.59. The number of nitrogen functional groups attached to an aromatic ring is 1. The Hall–Kier alpha value is -1.02. The molecule has 0 saturated heterocycles. The summed E-state index contributed by atoms with van der Waals surface area (Å²) in [6, 6.07) is 4.40. The first-order valence-corrected chi connectivity index (χ1v) is 6.59. The standard InChI is InChI=1S/C15H22N2/c1-15(2)5-4-10-8-17(3)9-11-6-12(16)7-13(15)14(10)11/h6-7,10H,4-5,8-9,16H2,1-3H3/t10-/m0/s1. The van der Waals surface area contributed by atoms with Gasteiger partial charge in [0.1, 0.15) is 0 Å². The van der Waals surface area contributed by atoms with Crippen LogP contribution in [0, 0.1) is 0 Å². The van der Waals surface area contributed by atoms with E-state index in [0.717, 1.165) is 18.2 Å². The number of nitrogens with two attached hydrogens (primary N) is 1. The van der Waals surface area contributed by atoms with E-state index in [2.05, 4.69) is 37.9 Å². The van der Waals surface area contributed by atoms with Crippen LogP contribution in [0.2, 0.25) is 0 Å². The van der Waals surface area contributed by atoms with E-state index < -0.39 is 0 Å². The van der Waals surface area contributed by atoms with Crippen LogP contribution in [0.15, 0.2) is 12.1 Å². The van der Waals surface area contributed by atoms with E-state index >= 15 is 0 Å². The van der Waals surface area contributed by atoms with Crippen molar-refractivity contribution in [1.82, 2.24) is 4.90 Å². The number of benzene rings is 1. The molecule has 0 fully saturated rings. The van der Waals surface area contributed by atoms with Crippen LogP contribution in [0.5, 0.6) is 0 Å². The smallest absolute Gasteiger partial charge is 0.0320 e. The molecular formula is C15H22N2. The second kappa shape index (κ2) is 3.49. The molecule has 0 spiro atoms. The third-order valence-electron chi connectivity index (χ3n) is 4.52. The molecule has 2 nitrogen and oxygen atoms in total. The summed E-state index contributed by atoms with van der Waals surface area (Å²) in [7, 11) is 2.21. The van der Waals surface area contributed by atoms with Gasteiger partial charge < -0.3 is 10.6 Å². The van der Waals surface area contributed by atoms with Crippen LogP contribution in [0.3, 0.4) is 0 Å². The van der Waals surface area contributed by atoms with E-state index in [1.165, 1.54) is 30.5 Å². The highest BCUT2D eigenvalue weighted by Gasteiger charge is 2.36. The minimum Gasteiger partial charge on any atom is -0.399 e. The van der Waals surface area contributed by atoms with Gasteiger partial charge in [-0.05, 0) is 60.0 Å². The molecule has 0 radical (unpaired) electrons. The first-order chi connectivity index (χ1) is 7.97.